The third-order valence-corrected chi connectivity index (χ3v) is 2.89. The molecule has 2 aromatic rings. The minimum absolute atomic E-state index is 0.0803. The van der Waals surface area contributed by atoms with Crippen LogP contribution in [0.1, 0.15) is 16.7 Å². The molecular formula is C15H11F2NO. The highest BCUT2D eigenvalue weighted by atomic mass is 19.1. The molecule has 0 spiro atoms. The first-order valence-corrected chi connectivity index (χ1v) is 5.66. The lowest BCUT2D eigenvalue weighted by Crippen LogP contribution is -1.96. The number of benzene rings is 2. The van der Waals surface area contributed by atoms with Crippen molar-refractivity contribution in [3.63, 3.8) is 0 Å². The lowest BCUT2D eigenvalue weighted by molar-refractivity contribution is 0.405. The SMILES string of the molecule is Cc1cccc(Oc2c(F)cc(C#N)cc2F)c1C. The third-order valence-electron chi connectivity index (χ3n) is 2.89. The van der Waals surface area contributed by atoms with Crippen LogP contribution in [-0.2, 0) is 0 Å². The predicted molar refractivity (Wildman–Crippen MR) is 67.1 cm³/mol. The van der Waals surface area contributed by atoms with Crippen molar-refractivity contribution < 1.29 is 13.5 Å². The van der Waals surface area contributed by atoms with E-state index in [1.807, 2.05) is 19.9 Å². The normalized spacial score (nSPS) is 10.1. The molecule has 0 aliphatic rings. The molecule has 2 aromatic carbocycles. The molecule has 0 saturated carbocycles. The van der Waals surface area contributed by atoms with Crippen LogP contribution < -0.4 is 4.74 Å². The van der Waals surface area contributed by atoms with Crippen LogP contribution in [0.4, 0.5) is 8.78 Å². The predicted octanol–water partition coefficient (Wildman–Crippen LogP) is 4.25. The fourth-order valence-corrected chi connectivity index (χ4v) is 1.67. The summed E-state index contributed by atoms with van der Waals surface area (Å²) in [5, 5.41) is 8.62. The van der Waals surface area contributed by atoms with Crippen molar-refractivity contribution in [2.24, 2.45) is 0 Å². The van der Waals surface area contributed by atoms with E-state index in [-0.39, 0.29) is 5.56 Å². The summed E-state index contributed by atoms with van der Waals surface area (Å²) in [6.07, 6.45) is 0. The number of ether oxygens (including phenoxy) is 1. The second-order valence-electron chi connectivity index (χ2n) is 4.18. The molecule has 0 fully saturated rings. The van der Waals surface area contributed by atoms with E-state index in [1.165, 1.54) is 0 Å². The van der Waals surface area contributed by atoms with Crippen LogP contribution in [0.5, 0.6) is 11.5 Å². The molecule has 96 valence electrons. The molecule has 0 bridgehead atoms. The molecule has 0 saturated heterocycles. The molecule has 0 unspecified atom stereocenters. The van der Waals surface area contributed by atoms with Crippen LogP contribution in [0.3, 0.4) is 0 Å². The topological polar surface area (TPSA) is 33.0 Å². The maximum absolute atomic E-state index is 13.7. The zero-order valence-electron chi connectivity index (χ0n) is 10.5. The average molecular weight is 259 g/mol. The van der Waals surface area contributed by atoms with Crippen molar-refractivity contribution >= 4 is 0 Å². The standard InChI is InChI=1S/C15H11F2NO/c1-9-4-3-5-14(10(9)2)19-15-12(16)6-11(8-18)7-13(15)17/h3-7H,1-2H3. The number of aryl methyl sites for hydroxylation is 1. The highest BCUT2D eigenvalue weighted by Gasteiger charge is 2.15. The fourth-order valence-electron chi connectivity index (χ4n) is 1.67. The van der Waals surface area contributed by atoms with Crippen molar-refractivity contribution in [1.82, 2.24) is 0 Å². The van der Waals surface area contributed by atoms with Crippen LogP contribution in [0.15, 0.2) is 30.3 Å². The molecular weight excluding hydrogens is 248 g/mol. The summed E-state index contributed by atoms with van der Waals surface area (Å²) in [4.78, 5) is 0. The van der Waals surface area contributed by atoms with Gasteiger partial charge in [-0.15, -0.1) is 0 Å². The number of nitrogens with zero attached hydrogens (tertiary/aromatic N) is 1. The van der Waals surface area contributed by atoms with Crippen LogP contribution >= 0.6 is 0 Å². The minimum Gasteiger partial charge on any atom is -0.451 e. The van der Waals surface area contributed by atoms with E-state index in [2.05, 4.69) is 0 Å². The van der Waals surface area contributed by atoms with Crippen LogP contribution in [0.2, 0.25) is 0 Å². The van der Waals surface area contributed by atoms with Crippen molar-refractivity contribution in [2.75, 3.05) is 0 Å². The molecule has 2 nitrogen and oxygen atoms in total. The van der Waals surface area contributed by atoms with E-state index in [1.54, 1.807) is 18.2 Å². The van der Waals surface area contributed by atoms with Crippen LogP contribution in [0, 0.1) is 36.8 Å². The van der Waals surface area contributed by atoms with Gasteiger partial charge < -0.3 is 4.74 Å². The summed E-state index contributed by atoms with van der Waals surface area (Å²) in [5.41, 5.74) is 1.70. The third kappa shape index (κ3) is 2.55. The summed E-state index contributed by atoms with van der Waals surface area (Å²) < 4.78 is 32.7. The summed E-state index contributed by atoms with van der Waals surface area (Å²) >= 11 is 0. The van der Waals surface area contributed by atoms with Gasteiger partial charge in [-0.05, 0) is 43.2 Å². The van der Waals surface area contributed by atoms with E-state index in [4.69, 9.17) is 10.00 Å². The van der Waals surface area contributed by atoms with Gasteiger partial charge in [0, 0.05) is 0 Å². The molecule has 0 heterocycles. The van der Waals surface area contributed by atoms with Gasteiger partial charge in [0.2, 0.25) is 0 Å². The van der Waals surface area contributed by atoms with Crippen LogP contribution in [0.25, 0.3) is 0 Å². The molecule has 0 aliphatic heterocycles. The number of rotatable bonds is 2. The minimum atomic E-state index is -0.891. The Kier molecular flexibility index (Phi) is 3.48. The van der Waals surface area contributed by atoms with E-state index >= 15 is 0 Å². The van der Waals surface area contributed by atoms with E-state index in [9.17, 15) is 8.78 Å². The average Bonchev–Trinajstić information content (AvgIpc) is 2.38. The van der Waals surface area contributed by atoms with Gasteiger partial charge in [-0.2, -0.15) is 5.26 Å². The van der Waals surface area contributed by atoms with Gasteiger partial charge in [-0.1, -0.05) is 12.1 Å². The summed E-state index contributed by atoms with van der Waals surface area (Å²) in [6, 6.07) is 8.85. The van der Waals surface area contributed by atoms with Crippen molar-refractivity contribution in [2.45, 2.75) is 13.8 Å². The lowest BCUT2D eigenvalue weighted by Gasteiger charge is -2.11. The van der Waals surface area contributed by atoms with Gasteiger partial charge in [0.25, 0.3) is 0 Å². The van der Waals surface area contributed by atoms with Gasteiger partial charge in [-0.3, -0.25) is 0 Å². The Morgan fingerprint density at radius 2 is 1.74 bits per heavy atom. The van der Waals surface area contributed by atoms with Gasteiger partial charge in [-0.25, -0.2) is 8.78 Å². The molecule has 0 atom stereocenters. The maximum atomic E-state index is 13.7. The van der Waals surface area contributed by atoms with Crippen molar-refractivity contribution in [3.05, 3.63) is 58.7 Å². The second kappa shape index (κ2) is 5.07. The largest absolute Gasteiger partial charge is 0.451 e. The first-order valence-electron chi connectivity index (χ1n) is 5.66. The second-order valence-corrected chi connectivity index (χ2v) is 4.18. The van der Waals surface area contributed by atoms with Crippen LogP contribution in [-0.4, -0.2) is 0 Å². The quantitative estimate of drug-likeness (QED) is 0.807. The van der Waals surface area contributed by atoms with Gasteiger partial charge in [0.15, 0.2) is 17.4 Å². The smallest absolute Gasteiger partial charge is 0.198 e. The van der Waals surface area contributed by atoms with E-state index in [0.29, 0.717) is 5.75 Å². The molecule has 0 radical (unpaired) electrons. The molecule has 4 heteroatoms. The first-order chi connectivity index (χ1) is 9.02. The molecule has 0 amide bonds. The maximum Gasteiger partial charge on any atom is 0.198 e. The summed E-state index contributed by atoms with van der Waals surface area (Å²) in [7, 11) is 0. The first kappa shape index (κ1) is 13.0. The summed E-state index contributed by atoms with van der Waals surface area (Å²) in [5.74, 6) is -1.88. The highest BCUT2D eigenvalue weighted by Crippen LogP contribution is 2.31. The Hall–Kier alpha value is -2.41. The zero-order chi connectivity index (χ0) is 14.0. The van der Waals surface area contributed by atoms with Gasteiger partial charge >= 0.3 is 0 Å². The Bertz CT molecular complexity index is 651. The molecule has 2 rings (SSSR count). The number of nitriles is 1. The Morgan fingerprint density at radius 3 is 2.32 bits per heavy atom. The van der Waals surface area contributed by atoms with Gasteiger partial charge in [0.1, 0.15) is 5.75 Å². The van der Waals surface area contributed by atoms with Gasteiger partial charge in [0.05, 0.1) is 11.6 Å². The Morgan fingerprint density at radius 1 is 1.11 bits per heavy atom. The molecule has 0 aromatic heterocycles. The molecule has 0 aliphatic carbocycles. The number of hydrogen-bond acceptors (Lipinski definition) is 2. The lowest BCUT2D eigenvalue weighted by atomic mass is 10.1. The van der Waals surface area contributed by atoms with E-state index in [0.717, 1.165) is 23.3 Å². The molecule has 0 N–H and O–H groups in total. The van der Waals surface area contributed by atoms with E-state index < -0.39 is 17.4 Å². The Labute approximate surface area is 109 Å². The summed E-state index contributed by atoms with van der Waals surface area (Å²) in [6.45, 7) is 3.69. The fraction of sp³-hybridized carbons (Fsp3) is 0.133. The monoisotopic (exact) mass is 259 g/mol. The molecule has 19 heavy (non-hydrogen) atoms. The van der Waals surface area contributed by atoms with Crippen molar-refractivity contribution in [1.29, 1.82) is 5.26 Å². The zero-order valence-corrected chi connectivity index (χ0v) is 10.5. The highest BCUT2D eigenvalue weighted by molar-refractivity contribution is 5.44. The van der Waals surface area contributed by atoms with Crippen molar-refractivity contribution in [3.8, 4) is 17.6 Å². The Balaban J connectivity index is 2.45. The number of halogens is 2. The number of hydrogen-bond donors (Lipinski definition) is 0.